The van der Waals surface area contributed by atoms with Gasteiger partial charge in [-0.1, -0.05) is 17.8 Å². The molecule has 2 aromatic rings. The second-order valence-electron chi connectivity index (χ2n) is 10.2. The minimum Gasteiger partial charge on any atom is -0.490 e. The van der Waals surface area contributed by atoms with Crippen molar-refractivity contribution in [2.24, 2.45) is 5.92 Å². The number of ether oxygens (including phenoxy) is 2. The Morgan fingerprint density at radius 1 is 1.03 bits per heavy atom. The van der Waals surface area contributed by atoms with E-state index < -0.39 is 6.16 Å². The molecule has 2 atom stereocenters. The Hall–Kier alpha value is -2.76. The van der Waals surface area contributed by atoms with E-state index in [0.29, 0.717) is 16.8 Å². The van der Waals surface area contributed by atoms with Crippen LogP contribution in [0.15, 0.2) is 24.3 Å². The molecule has 2 heterocycles. The van der Waals surface area contributed by atoms with Gasteiger partial charge in [-0.25, -0.2) is 4.79 Å². The normalized spacial score (nSPS) is 22.3. The standard InChI is InChI=1S/C26H36N4O3S.CH2O3/c31-25(20-8-11-23(12-9-20)33-22-4-2-1-3-5-22)27-26-29-28-24(34-26)13-7-19-6-10-21(18-19)30-14-16-32-17-15-30;2-1(3)4/h8-9,11-12,19,21-22H,1-7,10,13-18H2,(H,27,29,31);(H2,2,3,4)/t19-,21-;/m0./s1. The van der Waals surface area contributed by atoms with E-state index in [4.69, 9.17) is 24.5 Å². The highest BCUT2D eigenvalue weighted by molar-refractivity contribution is 7.15. The number of nitrogens with zero attached hydrogens (tertiary/aromatic N) is 3. The topological polar surface area (TPSA) is 134 Å². The van der Waals surface area contributed by atoms with Gasteiger partial charge in [-0.15, -0.1) is 10.2 Å². The van der Waals surface area contributed by atoms with Crippen molar-refractivity contribution >= 4 is 28.5 Å². The maximum Gasteiger partial charge on any atom is 0.503 e. The molecule has 2 aliphatic carbocycles. The van der Waals surface area contributed by atoms with Crippen molar-refractivity contribution in [3.05, 3.63) is 34.8 Å². The van der Waals surface area contributed by atoms with Crippen LogP contribution in [-0.2, 0) is 11.2 Å². The zero-order chi connectivity index (χ0) is 26.7. The minimum absolute atomic E-state index is 0.156. The number of aromatic nitrogens is 2. The summed E-state index contributed by atoms with van der Waals surface area (Å²) in [6.07, 6.45) is 10.5. The molecule has 11 heteroatoms. The summed E-state index contributed by atoms with van der Waals surface area (Å²) in [5.74, 6) is 1.43. The van der Waals surface area contributed by atoms with Crippen molar-refractivity contribution in [1.29, 1.82) is 0 Å². The van der Waals surface area contributed by atoms with E-state index in [2.05, 4.69) is 20.4 Å². The maximum atomic E-state index is 12.7. The number of benzene rings is 1. The van der Waals surface area contributed by atoms with E-state index >= 15 is 0 Å². The van der Waals surface area contributed by atoms with Gasteiger partial charge in [-0.2, -0.15) is 0 Å². The van der Waals surface area contributed by atoms with Crippen LogP contribution in [0.3, 0.4) is 0 Å². The van der Waals surface area contributed by atoms with Gasteiger partial charge in [0, 0.05) is 31.1 Å². The molecule has 1 saturated heterocycles. The maximum absolute atomic E-state index is 12.7. The highest BCUT2D eigenvalue weighted by atomic mass is 32.1. The number of morpholine rings is 1. The molecule has 0 unspecified atom stereocenters. The summed E-state index contributed by atoms with van der Waals surface area (Å²) in [5, 5.41) is 26.9. The summed E-state index contributed by atoms with van der Waals surface area (Å²) >= 11 is 1.49. The lowest BCUT2D eigenvalue weighted by atomic mass is 9.98. The van der Waals surface area contributed by atoms with Crippen LogP contribution in [0.5, 0.6) is 5.75 Å². The van der Waals surface area contributed by atoms with Gasteiger partial charge in [-0.3, -0.25) is 15.0 Å². The van der Waals surface area contributed by atoms with Gasteiger partial charge >= 0.3 is 6.16 Å². The summed E-state index contributed by atoms with van der Waals surface area (Å²) in [4.78, 5) is 23.8. The molecule has 10 nitrogen and oxygen atoms in total. The second-order valence-corrected chi connectivity index (χ2v) is 11.2. The van der Waals surface area contributed by atoms with Gasteiger partial charge in [0.2, 0.25) is 5.13 Å². The second kappa shape index (κ2) is 14.4. The summed E-state index contributed by atoms with van der Waals surface area (Å²) < 4.78 is 11.6. The molecule has 0 radical (unpaired) electrons. The SMILES string of the molecule is O=C(Nc1nnc(CC[C@@H]2CC[C@H](N3CCOCC3)C2)s1)c1ccc(OC2CCCCC2)cc1.O=C(O)O. The predicted octanol–water partition coefficient (Wildman–Crippen LogP) is 5.16. The lowest BCUT2D eigenvalue weighted by Crippen LogP contribution is -2.42. The first-order valence-corrected chi connectivity index (χ1v) is 14.4. The molecule has 5 rings (SSSR count). The smallest absolute Gasteiger partial charge is 0.490 e. The van der Waals surface area contributed by atoms with E-state index in [9.17, 15) is 4.79 Å². The third-order valence-corrected chi connectivity index (χ3v) is 8.40. The van der Waals surface area contributed by atoms with Crippen LogP contribution in [0.25, 0.3) is 0 Å². The number of anilines is 1. The highest BCUT2D eigenvalue weighted by Gasteiger charge is 2.30. The van der Waals surface area contributed by atoms with Crippen LogP contribution in [0.4, 0.5) is 9.93 Å². The van der Waals surface area contributed by atoms with E-state index in [0.717, 1.165) is 74.7 Å². The highest BCUT2D eigenvalue weighted by Crippen LogP contribution is 2.33. The van der Waals surface area contributed by atoms with E-state index in [1.54, 1.807) is 0 Å². The number of nitrogens with one attached hydrogen (secondary N) is 1. The third-order valence-electron chi connectivity index (χ3n) is 7.50. The Labute approximate surface area is 227 Å². The molecule has 1 aliphatic heterocycles. The Kier molecular flexibility index (Phi) is 10.7. The average molecular weight is 547 g/mol. The zero-order valence-electron chi connectivity index (χ0n) is 21.7. The summed E-state index contributed by atoms with van der Waals surface area (Å²) in [7, 11) is 0. The number of amides is 1. The third kappa shape index (κ3) is 8.92. The molecule has 3 N–H and O–H groups in total. The quantitative estimate of drug-likeness (QED) is 0.410. The number of carbonyl (C=O) groups is 2. The van der Waals surface area contributed by atoms with E-state index in [1.165, 1.54) is 49.9 Å². The summed E-state index contributed by atoms with van der Waals surface area (Å²) in [6, 6.07) is 8.14. The number of hydrogen-bond donors (Lipinski definition) is 3. The van der Waals surface area contributed by atoms with Crippen LogP contribution < -0.4 is 10.1 Å². The van der Waals surface area contributed by atoms with Crippen molar-refractivity contribution in [3.63, 3.8) is 0 Å². The predicted molar refractivity (Wildman–Crippen MR) is 144 cm³/mol. The Morgan fingerprint density at radius 3 is 2.45 bits per heavy atom. The average Bonchev–Trinajstić information content (AvgIpc) is 3.58. The van der Waals surface area contributed by atoms with Gasteiger partial charge in [0.05, 0.1) is 19.3 Å². The summed E-state index contributed by atoms with van der Waals surface area (Å²) in [5.41, 5.74) is 0.604. The zero-order valence-corrected chi connectivity index (χ0v) is 22.5. The molecule has 1 aromatic heterocycles. The Balaban J connectivity index is 0.000000786. The van der Waals surface area contributed by atoms with Crippen LogP contribution >= 0.6 is 11.3 Å². The molecule has 3 aliphatic rings. The van der Waals surface area contributed by atoms with Gasteiger partial charge in [-0.05, 0) is 81.5 Å². The molecule has 0 spiro atoms. The van der Waals surface area contributed by atoms with Gasteiger partial charge in [0.25, 0.3) is 5.91 Å². The molecule has 208 valence electrons. The first-order valence-electron chi connectivity index (χ1n) is 13.6. The molecule has 3 fully saturated rings. The molecular weight excluding hydrogens is 508 g/mol. The van der Waals surface area contributed by atoms with Gasteiger partial charge < -0.3 is 19.7 Å². The van der Waals surface area contributed by atoms with Crippen molar-refractivity contribution in [2.75, 3.05) is 31.6 Å². The largest absolute Gasteiger partial charge is 0.503 e. The van der Waals surface area contributed by atoms with E-state index in [-0.39, 0.29) is 5.91 Å². The fourth-order valence-corrected chi connectivity index (χ4v) is 6.30. The first-order chi connectivity index (χ1) is 18.5. The monoisotopic (exact) mass is 546 g/mol. The Morgan fingerprint density at radius 2 is 1.74 bits per heavy atom. The number of aryl methyl sites for hydroxylation is 1. The van der Waals surface area contributed by atoms with Crippen LogP contribution in [0.2, 0.25) is 0 Å². The van der Waals surface area contributed by atoms with Crippen LogP contribution in [0.1, 0.15) is 73.2 Å². The number of hydrogen-bond acceptors (Lipinski definition) is 8. The molecule has 0 bridgehead atoms. The number of carboxylic acid groups (broad SMARTS) is 2. The van der Waals surface area contributed by atoms with Crippen molar-refractivity contribution in [2.45, 2.75) is 76.4 Å². The van der Waals surface area contributed by atoms with Gasteiger partial charge in [0.15, 0.2) is 0 Å². The van der Waals surface area contributed by atoms with Crippen molar-refractivity contribution < 1.29 is 29.3 Å². The number of rotatable bonds is 8. The van der Waals surface area contributed by atoms with Crippen molar-refractivity contribution in [3.8, 4) is 5.75 Å². The van der Waals surface area contributed by atoms with Crippen LogP contribution in [0, 0.1) is 5.92 Å². The number of carbonyl (C=O) groups excluding carboxylic acids is 1. The summed E-state index contributed by atoms with van der Waals surface area (Å²) in [6.45, 7) is 3.90. The fourth-order valence-electron chi connectivity index (χ4n) is 5.55. The van der Waals surface area contributed by atoms with Crippen molar-refractivity contribution in [1.82, 2.24) is 15.1 Å². The molecule has 1 aromatic carbocycles. The Bertz CT molecular complexity index is 1020. The lowest BCUT2D eigenvalue weighted by Gasteiger charge is -2.32. The van der Waals surface area contributed by atoms with E-state index in [1.807, 2.05) is 24.3 Å². The molecule has 38 heavy (non-hydrogen) atoms. The molecular formula is C27H38N4O6S. The molecule has 1 amide bonds. The minimum atomic E-state index is -1.83. The molecule has 2 saturated carbocycles. The first kappa shape index (κ1) is 28.3. The fraction of sp³-hybridized carbons (Fsp3) is 0.630. The van der Waals surface area contributed by atoms with Gasteiger partial charge in [0.1, 0.15) is 10.8 Å². The van der Waals surface area contributed by atoms with Crippen LogP contribution in [-0.4, -0.2) is 75.8 Å². The lowest BCUT2D eigenvalue weighted by molar-refractivity contribution is 0.0171.